The van der Waals surface area contributed by atoms with E-state index in [2.05, 4.69) is 4.98 Å². The first-order valence-electron chi connectivity index (χ1n) is 3.75. The zero-order chi connectivity index (χ0) is 8.55. The average molecular weight is 182 g/mol. The van der Waals surface area contributed by atoms with E-state index >= 15 is 0 Å². The van der Waals surface area contributed by atoms with Crippen molar-refractivity contribution in [3.8, 4) is 0 Å². The van der Waals surface area contributed by atoms with Crippen molar-refractivity contribution < 1.29 is 4.42 Å². The molecule has 0 amide bonds. The summed E-state index contributed by atoms with van der Waals surface area (Å²) >= 11 is 5.92. The van der Waals surface area contributed by atoms with Crippen LogP contribution in [0.3, 0.4) is 0 Å². The molecule has 0 bridgehead atoms. The van der Waals surface area contributed by atoms with Crippen LogP contribution in [0.25, 0.3) is 11.0 Å². The summed E-state index contributed by atoms with van der Waals surface area (Å²) in [5.74, 6) is 0. The molecule has 0 saturated heterocycles. The molecule has 1 unspecified atom stereocenters. The molecule has 2 heterocycles. The van der Waals surface area contributed by atoms with Crippen LogP contribution in [-0.4, -0.2) is 4.98 Å². The molecule has 3 heteroatoms. The molecule has 0 spiro atoms. The van der Waals surface area contributed by atoms with Crippen molar-refractivity contribution in [2.24, 2.45) is 0 Å². The number of hydrogen-bond donors (Lipinski definition) is 0. The number of fused-ring (bicyclic) bond motifs is 1. The van der Waals surface area contributed by atoms with E-state index in [9.17, 15) is 0 Å². The molecule has 0 aromatic carbocycles. The van der Waals surface area contributed by atoms with E-state index in [0.29, 0.717) is 0 Å². The molecular weight excluding hydrogens is 174 g/mol. The van der Waals surface area contributed by atoms with Crippen LogP contribution in [-0.2, 0) is 0 Å². The second-order valence-corrected chi connectivity index (χ2v) is 3.31. The van der Waals surface area contributed by atoms with Crippen LogP contribution < -0.4 is 0 Å². The predicted octanol–water partition coefficient (Wildman–Crippen LogP) is 3.13. The summed E-state index contributed by atoms with van der Waals surface area (Å²) in [6.45, 7) is 1.88. The van der Waals surface area contributed by atoms with Crippen molar-refractivity contribution in [1.29, 1.82) is 0 Å². The van der Waals surface area contributed by atoms with Gasteiger partial charge in [0.05, 0.1) is 11.6 Å². The smallest absolute Gasteiger partial charge is 0.156 e. The molecule has 0 radical (unpaired) electrons. The molecule has 0 aliphatic rings. The van der Waals surface area contributed by atoms with Crippen molar-refractivity contribution in [1.82, 2.24) is 4.98 Å². The van der Waals surface area contributed by atoms with E-state index in [0.717, 1.165) is 16.7 Å². The Bertz CT molecular complexity index is 394. The third kappa shape index (κ3) is 1.08. The zero-order valence-corrected chi connectivity index (χ0v) is 7.38. The van der Waals surface area contributed by atoms with Crippen LogP contribution in [0.4, 0.5) is 0 Å². The molecular formula is C9H8ClNO. The van der Waals surface area contributed by atoms with Crippen LogP contribution in [0.1, 0.15) is 18.0 Å². The fraction of sp³-hybridized carbons (Fsp3) is 0.222. The van der Waals surface area contributed by atoms with Crippen LogP contribution in [0.2, 0.25) is 0 Å². The molecule has 0 N–H and O–H groups in total. The fourth-order valence-electron chi connectivity index (χ4n) is 1.20. The van der Waals surface area contributed by atoms with E-state index in [4.69, 9.17) is 16.0 Å². The highest BCUT2D eigenvalue weighted by Crippen LogP contribution is 2.26. The number of pyridine rings is 1. The Morgan fingerprint density at radius 2 is 2.33 bits per heavy atom. The normalized spacial score (nSPS) is 13.5. The highest BCUT2D eigenvalue weighted by atomic mass is 35.5. The van der Waals surface area contributed by atoms with Crippen LogP contribution in [0.5, 0.6) is 0 Å². The van der Waals surface area contributed by atoms with E-state index < -0.39 is 0 Å². The maximum absolute atomic E-state index is 5.92. The van der Waals surface area contributed by atoms with Gasteiger partial charge in [-0.05, 0) is 19.1 Å². The summed E-state index contributed by atoms with van der Waals surface area (Å²) in [5, 5.41) is 0.937. The van der Waals surface area contributed by atoms with Crippen molar-refractivity contribution >= 4 is 22.6 Å². The van der Waals surface area contributed by atoms with Gasteiger partial charge in [-0.25, -0.2) is 0 Å². The predicted molar refractivity (Wildman–Crippen MR) is 48.3 cm³/mol. The average Bonchev–Trinajstić information content (AvgIpc) is 2.49. The lowest BCUT2D eigenvalue weighted by Crippen LogP contribution is -1.88. The van der Waals surface area contributed by atoms with Gasteiger partial charge >= 0.3 is 0 Å². The van der Waals surface area contributed by atoms with Gasteiger partial charge in [0.2, 0.25) is 0 Å². The van der Waals surface area contributed by atoms with Crippen LogP contribution in [0.15, 0.2) is 29.0 Å². The van der Waals surface area contributed by atoms with Gasteiger partial charge in [-0.2, -0.15) is 0 Å². The second kappa shape index (κ2) is 2.79. The Morgan fingerprint density at radius 3 is 3.08 bits per heavy atom. The SMILES string of the molecule is CC(Cl)c1nccc2ccoc12. The van der Waals surface area contributed by atoms with Crippen molar-refractivity contribution in [3.05, 3.63) is 30.3 Å². The van der Waals surface area contributed by atoms with Crippen molar-refractivity contribution in [3.63, 3.8) is 0 Å². The number of alkyl halides is 1. The second-order valence-electron chi connectivity index (χ2n) is 2.65. The van der Waals surface area contributed by atoms with Crippen molar-refractivity contribution in [2.75, 3.05) is 0 Å². The Labute approximate surface area is 75.2 Å². The van der Waals surface area contributed by atoms with Gasteiger partial charge in [0.25, 0.3) is 0 Å². The standard InChI is InChI=1S/C9H8ClNO/c1-6(10)8-9-7(2-4-11-8)3-5-12-9/h2-6H,1H3. The van der Waals surface area contributed by atoms with Gasteiger partial charge in [-0.1, -0.05) is 0 Å². The number of rotatable bonds is 1. The molecule has 2 nitrogen and oxygen atoms in total. The topological polar surface area (TPSA) is 26.0 Å². The number of aromatic nitrogens is 1. The summed E-state index contributed by atoms with van der Waals surface area (Å²) in [4.78, 5) is 4.15. The molecule has 2 aromatic rings. The summed E-state index contributed by atoms with van der Waals surface area (Å²) < 4.78 is 5.26. The highest BCUT2D eigenvalue weighted by molar-refractivity contribution is 6.21. The Morgan fingerprint density at radius 1 is 1.50 bits per heavy atom. The largest absolute Gasteiger partial charge is 0.462 e. The van der Waals surface area contributed by atoms with Crippen LogP contribution in [0, 0.1) is 0 Å². The maximum Gasteiger partial charge on any atom is 0.156 e. The Balaban J connectivity index is 2.73. The van der Waals surface area contributed by atoms with E-state index in [1.165, 1.54) is 0 Å². The number of halogens is 1. The van der Waals surface area contributed by atoms with E-state index in [-0.39, 0.29) is 5.38 Å². The lowest BCUT2D eigenvalue weighted by Gasteiger charge is -2.01. The van der Waals surface area contributed by atoms with Gasteiger partial charge in [-0.15, -0.1) is 11.6 Å². The summed E-state index contributed by atoms with van der Waals surface area (Å²) in [6.07, 6.45) is 3.39. The minimum atomic E-state index is -0.111. The summed E-state index contributed by atoms with van der Waals surface area (Å²) in [5.41, 5.74) is 1.60. The minimum absolute atomic E-state index is 0.111. The molecule has 0 aliphatic heterocycles. The van der Waals surface area contributed by atoms with Gasteiger partial charge in [0.15, 0.2) is 5.58 Å². The molecule has 1 atom stereocenters. The van der Waals surface area contributed by atoms with Crippen molar-refractivity contribution in [2.45, 2.75) is 12.3 Å². The minimum Gasteiger partial charge on any atom is -0.462 e. The Kier molecular flexibility index (Phi) is 1.77. The van der Waals surface area contributed by atoms with Gasteiger partial charge in [-0.3, -0.25) is 4.98 Å². The zero-order valence-electron chi connectivity index (χ0n) is 6.62. The number of hydrogen-bond acceptors (Lipinski definition) is 2. The lowest BCUT2D eigenvalue weighted by molar-refractivity contribution is 0.608. The molecule has 0 saturated carbocycles. The third-order valence-electron chi connectivity index (χ3n) is 1.77. The van der Waals surface area contributed by atoms with E-state index in [1.807, 2.05) is 19.1 Å². The molecule has 2 aromatic heterocycles. The number of furan rings is 1. The fourth-order valence-corrected chi connectivity index (χ4v) is 1.35. The molecule has 0 fully saturated rings. The summed E-state index contributed by atoms with van der Waals surface area (Å²) in [7, 11) is 0. The van der Waals surface area contributed by atoms with Crippen LogP contribution >= 0.6 is 11.6 Å². The first kappa shape index (κ1) is 7.62. The molecule has 0 aliphatic carbocycles. The highest BCUT2D eigenvalue weighted by Gasteiger charge is 2.09. The molecule has 12 heavy (non-hydrogen) atoms. The number of nitrogens with zero attached hydrogens (tertiary/aromatic N) is 1. The first-order chi connectivity index (χ1) is 5.79. The third-order valence-corrected chi connectivity index (χ3v) is 1.98. The summed E-state index contributed by atoms with van der Waals surface area (Å²) in [6, 6.07) is 3.81. The quantitative estimate of drug-likeness (QED) is 0.632. The van der Waals surface area contributed by atoms with Gasteiger partial charge in [0, 0.05) is 11.6 Å². The maximum atomic E-state index is 5.92. The van der Waals surface area contributed by atoms with E-state index in [1.54, 1.807) is 12.5 Å². The van der Waals surface area contributed by atoms with Gasteiger partial charge in [0.1, 0.15) is 5.69 Å². The first-order valence-corrected chi connectivity index (χ1v) is 4.19. The monoisotopic (exact) mass is 181 g/mol. The molecule has 62 valence electrons. The lowest BCUT2D eigenvalue weighted by atomic mass is 10.2. The molecule has 2 rings (SSSR count). The van der Waals surface area contributed by atoms with Gasteiger partial charge < -0.3 is 4.42 Å². The Hall–Kier alpha value is -1.02.